The molecule has 0 bridgehead atoms. The van der Waals surface area contributed by atoms with Crippen LogP contribution < -0.4 is 9.80 Å². The van der Waals surface area contributed by atoms with Crippen molar-refractivity contribution in [3.8, 4) is 44.5 Å². The maximum atomic E-state index is 5.16. The summed E-state index contributed by atoms with van der Waals surface area (Å²) in [6.45, 7) is 4.70. The van der Waals surface area contributed by atoms with Crippen molar-refractivity contribution < 1.29 is 0 Å². The number of nitrogens with zero attached hydrogens (tertiary/aromatic N) is 3. The topological polar surface area (TPSA) is 19.4 Å². The molecular formula is C60H45N3. The predicted molar refractivity (Wildman–Crippen MR) is 265 cm³/mol. The normalized spacial score (nSPS) is 12.4. The molecule has 0 radical (unpaired) electrons. The lowest BCUT2D eigenvalue weighted by Gasteiger charge is -2.29. The van der Waals surface area contributed by atoms with Gasteiger partial charge in [-0.15, -0.1) is 0 Å². The molecule has 0 unspecified atom stereocenters. The Morgan fingerprint density at radius 1 is 0.349 bits per heavy atom. The van der Waals surface area contributed by atoms with Gasteiger partial charge in [0.1, 0.15) is 5.82 Å². The highest BCUT2D eigenvalue weighted by Gasteiger charge is 2.35. The van der Waals surface area contributed by atoms with Gasteiger partial charge in [-0.25, -0.2) is 4.98 Å². The molecule has 3 heteroatoms. The van der Waals surface area contributed by atoms with Gasteiger partial charge in [0.25, 0.3) is 0 Å². The summed E-state index contributed by atoms with van der Waals surface area (Å²) in [6.07, 6.45) is 2.00. The number of hydrogen-bond donors (Lipinski definition) is 0. The maximum Gasteiger partial charge on any atom is 0.137 e. The van der Waals surface area contributed by atoms with Gasteiger partial charge in [-0.2, -0.15) is 0 Å². The highest BCUT2D eigenvalue weighted by atomic mass is 15.2. The van der Waals surface area contributed by atoms with Crippen molar-refractivity contribution in [1.29, 1.82) is 0 Å². The summed E-state index contributed by atoms with van der Waals surface area (Å²) in [5.41, 5.74) is 17.6. The second kappa shape index (κ2) is 15.8. The summed E-state index contributed by atoms with van der Waals surface area (Å²) < 4.78 is 0. The zero-order chi connectivity index (χ0) is 42.3. The van der Waals surface area contributed by atoms with Crippen LogP contribution >= 0.6 is 0 Å². The number of anilines is 6. The quantitative estimate of drug-likeness (QED) is 0.145. The molecule has 1 aromatic heterocycles. The highest BCUT2D eigenvalue weighted by molar-refractivity contribution is 5.99. The highest BCUT2D eigenvalue weighted by Crippen LogP contribution is 2.51. The standard InChI is InChI=1S/C60H45N3/c1-60(2)56-25-12-11-24-54(56)55-37-36-52(40-57(55)60)62(58-26-14-20-46-19-9-10-23-53(46)58)49-32-29-45(30-33-49)48-31-38-59(61-41-48)63(50-34-27-44(28-35-50)42-15-5-3-6-16-42)51-22-13-21-47(39-51)43-17-7-4-8-18-43/h3-41H,1-2H3. The van der Waals surface area contributed by atoms with E-state index >= 15 is 0 Å². The third kappa shape index (κ3) is 6.94. The maximum absolute atomic E-state index is 5.16. The van der Waals surface area contributed by atoms with Crippen LogP contribution in [0.3, 0.4) is 0 Å². The fourth-order valence-electron chi connectivity index (χ4n) is 9.46. The Bertz CT molecular complexity index is 3220. The van der Waals surface area contributed by atoms with E-state index in [1.165, 1.54) is 49.7 Å². The first-order valence-corrected chi connectivity index (χ1v) is 21.7. The molecule has 0 saturated carbocycles. The second-order valence-electron chi connectivity index (χ2n) is 16.9. The number of rotatable bonds is 9. The van der Waals surface area contributed by atoms with Gasteiger partial charge in [0.2, 0.25) is 0 Å². The van der Waals surface area contributed by atoms with Gasteiger partial charge in [0.05, 0.1) is 5.69 Å². The molecule has 1 heterocycles. The third-order valence-corrected chi connectivity index (χ3v) is 12.7. The Balaban J connectivity index is 0.957. The van der Waals surface area contributed by atoms with Crippen LogP contribution in [0.4, 0.5) is 34.3 Å². The minimum atomic E-state index is -0.110. The molecule has 0 amide bonds. The first-order chi connectivity index (χ1) is 31.0. The summed E-state index contributed by atoms with van der Waals surface area (Å²) in [7, 11) is 0. The van der Waals surface area contributed by atoms with E-state index in [9.17, 15) is 0 Å². The molecule has 10 aromatic rings. The number of aromatic nitrogens is 1. The number of hydrogen-bond acceptors (Lipinski definition) is 3. The summed E-state index contributed by atoms with van der Waals surface area (Å²) >= 11 is 0. The minimum Gasteiger partial charge on any atom is -0.310 e. The lowest BCUT2D eigenvalue weighted by molar-refractivity contribution is 0.660. The van der Waals surface area contributed by atoms with Crippen LogP contribution in [-0.2, 0) is 5.41 Å². The van der Waals surface area contributed by atoms with Crippen molar-refractivity contribution in [2.45, 2.75) is 19.3 Å². The fourth-order valence-corrected chi connectivity index (χ4v) is 9.46. The molecule has 0 aliphatic heterocycles. The van der Waals surface area contributed by atoms with Crippen LogP contribution in [0.25, 0.3) is 55.3 Å². The van der Waals surface area contributed by atoms with Crippen LogP contribution in [0.2, 0.25) is 0 Å². The zero-order valence-electron chi connectivity index (χ0n) is 35.4. The molecule has 0 N–H and O–H groups in total. The first-order valence-electron chi connectivity index (χ1n) is 21.7. The van der Waals surface area contributed by atoms with E-state index in [0.717, 1.165) is 50.9 Å². The van der Waals surface area contributed by atoms with Crippen LogP contribution in [0.15, 0.2) is 237 Å². The molecule has 1 aliphatic rings. The van der Waals surface area contributed by atoms with Gasteiger partial charge in [0.15, 0.2) is 0 Å². The van der Waals surface area contributed by atoms with Crippen LogP contribution in [-0.4, -0.2) is 4.98 Å². The Morgan fingerprint density at radius 3 is 1.60 bits per heavy atom. The molecule has 300 valence electrons. The Hall–Kier alpha value is -8.01. The van der Waals surface area contributed by atoms with Crippen LogP contribution in [0, 0.1) is 0 Å². The van der Waals surface area contributed by atoms with Crippen molar-refractivity contribution in [2.24, 2.45) is 0 Å². The minimum absolute atomic E-state index is 0.110. The fraction of sp³-hybridized carbons (Fsp3) is 0.0500. The van der Waals surface area contributed by atoms with E-state index in [1.54, 1.807) is 0 Å². The van der Waals surface area contributed by atoms with Crippen LogP contribution in [0.5, 0.6) is 0 Å². The van der Waals surface area contributed by atoms with E-state index in [2.05, 4.69) is 254 Å². The molecule has 63 heavy (non-hydrogen) atoms. The van der Waals surface area contributed by atoms with E-state index in [0.29, 0.717) is 0 Å². The van der Waals surface area contributed by atoms with E-state index < -0.39 is 0 Å². The monoisotopic (exact) mass is 807 g/mol. The summed E-state index contributed by atoms with van der Waals surface area (Å²) in [5, 5.41) is 2.42. The lowest BCUT2D eigenvalue weighted by atomic mass is 9.82. The number of fused-ring (bicyclic) bond motifs is 4. The van der Waals surface area contributed by atoms with Crippen molar-refractivity contribution >= 4 is 45.0 Å². The van der Waals surface area contributed by atoms with Crippen LogP contribution in [0.1, 0.15) is 25.0 Å². The van der Waals surface area contributed by atoms with Gasteiger partial charge >= 0.3 is 0 Å². The summed E-state index contributed by atoms with van der Waals surface area (Å²) in [5.74, 6) is 0.844. The van der Waals surface area contributed by atoms with Crippen molar-refractivity contribution in [2.75, 3.05) is 9.80 Å². The van der Waals surface area contributed by atoms with Gasteiger partial charge in [0, 0.05) is 45.3 Å². The Labute approximate surface area is 369 Å². The molecule has 1 aliphatic carbocycles. The lowest BCUT2D eigenvalue weighted by Crippen LogP contribution is -2.16. The van der Waals surface area contributed by atoms with E-state index in [4.69, 9.17) is 4.98 Å². The molecule has 0 spiro atoms. The molecule has 9 aromatic carbocycles. The first kappa shape index (κ1) is 38.0. The molecule has 0 fully saturated rings. The number of pyridine rings is 1. The van der Waals surface area contributed by atoms with Gasteiger partial charge < -0.3 is 4.90 Å². The third-order valence-electron chi connectivity index (χ3n) is 12.7. The zero-order valence-corrected chi connectivity index (χ0v) is 35.4. The number of benzene rings is 9. The molecule has 0 saturated heterocycles. The van der Waals surface area contributed by atoms with Gasteiger partial charge in [-0.05, 0) is 122 Å². The molecule has 3 nitrogen and oxygen atoms in total. The second-order valence-corrected chi connectivity index (χ2v) is 16.9. The Kier molecular flexibility index (Phi) is 9.51. The smallest absolute Gasteiger partial charge is 0.137 e. The van der Waals surface area contributed by atoms with Gasteiger partial charge in [-0.1, -0.05) is 178 Å². The van der Waals surface area contributed by atoms with E-state index in [1.807, 2.05) is 6.20 Å². The average molecular weight is 808 g/mol. The average Bonchev–Trinajstić information content (AvgIpc) is 3.58. The SMILES string of the molecule is CC1(C)c2ccccc2-c2ccc(N(c3ccc(-c4ccc(N(c5ccc(-c6ccccc6)cc5)c5cccc(-c6ccccc6)c5)nc4)cc3)c3cccc4ccccc34)cc21. The van der Waals surface area contributed by atoms with Gasteiger partial charge in [-0.3, -0.25) is 4.90 Å². The molecule has 0 atom stereocenters. The predicted octanol–water partition coefficient (Wildman–Crippen LogP) is 16.5. The summed E-state index contributed by atoms with van der Waals surface area (Å²) in [6, 6.07) is 82.9. The largest absolute Gasteiger partial charge is 0.310 e. The molecule has 11 rings (SSSR count). The van der Waals surface area contributed by atoms with E-state index in [-0.39, 0.29) is 5.41 Å². The van der Waals surface area contributed by atoms with Crippen molar-refractivity contribution in [3.05, 3.63) is 248 Å². The Morgan fingerprint density at radius 2 is 0.873 bits per heavy atom. The van der Waals surface area contributed by atoms with Crippen molar-refractivity contribution in [3.63, 3.8) is 0 Å². The van der Waals surface area contributed by atoms with Crippen molar-refractivity contribution in [1.82, 2.24) is 4.98 Å². The molecular weight excluding hydrogens is 763 g/mol. The summed E-state index contributed by atoms with van der Waals surface area (Å²) in [4.78, 5) is 9.81.